The molecule has 376 valence electrons. The van der Waals surface area contributed by atoms with Crippen LogP contribution in [-0.4, -0.2) is 74.3 Å². The molecule has 10 heteroatoms. The van der Waals surface area contributed by atoms with Gasteiger partial charge in [0.15, 0.2) is 0 Å². The summed E-state index contributed by atoms with van der Waals surface area (Å²) < 4.78 is 30.5. The zero-order chi connectivity index (χ0) is 47.3. The first-order chi connectivity index (χ1) is 30.9. The fourth-order valence-electron chi connectivity index (χ4n) is 7.68. The second-order valence-corrected chi connectivity index (χ2v) is 20.8. The second kappa shape index (κ2) is 45.0. The molecule has 0 aliphatic heterocycles. The number of ether oxygens (including phenoxy) is 1. The first kappa shape index (κ1) is 62.2. The molecular weight excluding hydrogens is 820 g/mol. The van der Waals surface area contributed by atoms with Crippen molar-refractivity contribution in [2.45, 2.75) is 258 Å². The van der Waals surface area contributed by atoms with Crippen LogP contribution in [0.3, 0.4) is 0 Å². The molecule has 0 aromatic heterocycles. The first-order valence-corrected chi connectivity index (χ1v) is 28.3. The van der Waals surface area contributed by atoms with E-state index in [4.69, 9.17) is 13.8 Å². The number of allylic oxidation sites excluding steroid dienone is 5. The molecule has 0 radical (unpaired) electrons. The van der Waals surface area contributed by atoms with Crippen molar-refractivity contribution in [1.82, 2.24) is 5.32 Å². The van der Waals surface area contributed by atoms with Gasteiger partial charge in [-0.05, 0) is 57.4 Å². The maximum absolute atomic E-state index is 13.4. The molecule has 9 nitrogen and oxygen atoms in total. The van der Waals surface area contributed by atoms with Gasteiger partial charge in [-0.1, -0.05) is 212 Å². The molecule has 64 heavy (non-hydrogen) atoms. The van der Waals surface area contributed by atoms with Gasteiger partial charge in [0.2, 0.25) is 5.91 Å². The smallest absolute Gasteiger partial charge is 0.456 e. The predicted molar refractivity (Wildman–Crippen MR) is 272 cm³/mol. The Morgan fingerprint density at radius 3 is 1.48 bits per heavy atom. The van der Waals surface area contributed by atoms with Crippen molar-refractivity contribution < 1.29 is 37.3 Å². The lowest BCUT2D eigenvalue weighted by Gasteiger charge is -2.27. The van der Waals surface area contributed by atoms with Crippen LogP contribution < -0.4 is 5.32 Å². The van der Waals surface area contributed by atoms with Crippen LogP contribution in [0.5, 0.6) is 0 Å². The molecule has 0 fully saturated rings. The van der Waals surface area contributed by atoms with Crippen LogP contribution in [0.1, 0.15) is 245 Å². The first-order valence-electron chi connectivity index (χ1n) is 26.8. The van der Waals surface area contributed by atoms with Crippen LogP contribution in [0.4, 0.5) is 0 Å². The normalized spacial score (nSPS) is 14.2. The van der Waals surface area contributed by atoms with Crippen molar-refractivity contribution in [3.63, 3.8) is 0 Å². The number of carbonyl (C=O) groups excluding carboxylic acids is 2. The molecule has 0 heterocycles. The van der Waals surface area contributed by atoms with Gasteiger partial charge in [-0.25, -0.2) is 4.57 Å². The van der Waals surface area contributed by atoms with Gasteiger partial charge in [0.1, 0.15) is 19.3 Å². The molecule has 0 saturated carbocycles. The van der Waals surface area contributed by atoms with Crippen molar-refractivity contribution in [1.29, 1.82) is 0 Å². The van der Waals surface area contributed by atoms with Gasteiger partial charge >= 0.3 is 13.8 Å². The minimum Gasteiger partial charge on any atom is -0.456 e. The number of phosphoric acid groups is 1. The van der Waals surface area contributed by atoms with E-state index in [1.807, 2.05) is 33.3 Å². The van der Waals surface area contributed by atoms with E-state index in [1.54, 1.807) is 0 Å². The average molecular weight is 924 g/mol. The standard InChI is InChI=1S/C54H103N2O7P/c1-7-10-13-16-19-22-25-27-29-31-34-37-40-43-46-53(57)55-51(50-62-64(59,60)61-49-48-56(4,5)6)52(45-42-39-36-33-30-24-21-18-15-12-9-3)63-54(58)47-44-41-38-35-32-28-26-23-20-17-14-11-8-2/h10,13,19,22,42,45,51-52H,7-9,11-12,14-18,20-21,23-41,43-44,46-50H2,1-6H3,(H-,55,57,59,60)/p+1/b13-10+,22-19+,45-42+. The number of nitrogens with zero attached hydrogens (tertiary/aromatic N) is 1. The van der Waals surface area contributed by atoms with Gasteiger partial charge < -0.3 is 19.4 Å². The average Bonchev–Trinajstić information content (AvgIpc) is 3.25. The lowest BCUT2D eigenvalue weighted by atomic mass is 10.0. The number of phosphoric ester groups is 1. The zero-order valence-corrected chi connectivity index (χ0v) is 43.7. The van der Waals surface area contributed by atoms with E-state index in [9.17, 15) is 19.0 Å². The van der Waals surface area contributed by atoms with E-state index >= 15 is 0 Å². The summed E-state index contributed by atoms with van der Waals surface area (Å²) in [5, 5.41) is 3.04. The van der Waals surface area contributed by atoms with Crippen LogP contribution in [0.25, 0.3) is 0 Å². The summed E-state index contributed by atoms with van der Waals surface area (Å²) in [5.74, 6) is -0.510. The molecule has 0 aromatic rings. The highest BCUT2D eigenvalue weighted by atomic mass is 31.2. The van der Waals surface area contributed by atoms with Crippen molar-refractivity contribution in [2.24, 2.45) is 0 Å². The van der Waals surface area contributed by atoms with Gasteiger partial charge in [-0.15, -0.1) is 0 Å². The second-order valence-electron chi connectivity index (χ2n) is 19.4. The van der Waals surface area contributed by atoms with Gasteiger partial charge in [-0.2, -0.15) is 0 Å². The van der Waals surface area contributed by atoms with Crippen molar-refractivity contribution >= 4 is 19.7 Å². The van der Waals surface area contributed by atoms with Gasteiger partial charge in [0.25, 0.3) is 0 Å². The van der Waals surface area contributed by atoms with E-state index in [-0.39, 0.29) is 25.1 Å². The summed E-state index contributed by atoms with van der Waals surface area (Å²) in [4.78, 5) is 37.4. The van der Waals surface area contributed by atoms with E-state index in [1.165, 1.54) is 128 Å². The van der Waals surface area contributed by atoms with Gasteiger partial charge in [-0.3, -0.25) is 18.6 Å². The Morgan fingerprint density at radius 1 is 0.562 bits per heavy atom. The van der Waals surface area contributed by atoms with E-state index in [0.29, 0.717) is 23.9 Å². The highest BCUT2D eigenvalue weighted by molar-refractivity contribution is 7.47. The Labute approximate surface area is 396 Å². The monoisotopic (exact) mass is 924 g/mol. The van der Waals surface area contributed by atoms with E-state index in [2.05, 4.69) is 50.4 Å². The van der Waals surface area contributed by atoms with Crippen LogP contribution in [-0.2, 0) is 27.9 Å². The Bertz CT molecular complexity index is 1200. The fraction of sp³-hybridized carbons (Fsp3) is 0.852. The number of hydrogen-bond donors (Lipinski definition) is 2. The topological polar surface area (TPSA) is 111 Å². The third kappa shape index (κ3) is 45.4. The quantitative estimate of drug-likeness (QED) is 0.0206. The number of esters is 1. The van der Waals surface area contributed by atoms with Crippen LogP contribution in [0.2, 0.25) is 0 Å². The zero-order valence-electron chi connectivity index (χ0n) is 42.8. The van der Waals surface area contributed by atoms with Crippen LogP contribution in [0.15, 0.2) is 36.5 Å². The molecule has 0 aromatic carbocycles. The molecule has 0 spiro atoms. The molecule has 0 rings (SSSR count). The summed E-state index contributed by atoms with van der Waals surface area (Å²) in [6.45, 7) is 6.89. The molecule has 3 atom stereocenters. The number of carbonyl (C=O) groups is 2. The molecule has 0 saturated heterocycles. The molecule has 2 N–H and O–H groups in total. The fourth-order valence-corrected chi connectivity index (χ4v) is 8.42. The Hall–Kier alpha value is -1.77. The number of unbranched alkanes of at least 4 members (excludes halogenated alkanes) is 28. The van der Waals surface area contributed by atoms with Crippen molar-refractivity contribution in [3.8, 4) is 0 Å². The lowest BCUT2D eigenvalue weighted by molar-refractivity contribution is -0.870. The number of nitrogens with one attached hydrogen (secondary N) is 1. The third-order valence-corrected chi connectivity index (χ3v) is 12.8. The summed E-state index contributed by atoms with van der Waals surface area (Å²) in [7, 11) is 1.49. The number of rotatable bonds is 48. The highest BCUT2D eigenvalue weighted by Crippen LogP contribution is 2.43. The summed E-state index contributed by atoms with van der Waals surface area (Å²) >= 11 is 0. The van der Waals surface area contributed by atoms with Gasteiger partial charge in [0.05, 0.1) is 33.8 Å². The summed E-state index contributed by atoms with van der Waals surface area (Å²) in [6, 6.07) is -0.846. The van der Waals surface area contributed by atoms with Crippen molar-refractivity contribution in [2.75, 3.05) is 40.9 Å². The predicted octanol–water partition coefficient (Wildman–Crippen LogP) is 15.6. The maximum Gasteiger partial charge on any atom is 0.472 e. The number of amides is 1. The summed E-state index contributed by atoms with van der Waals surface area (Å²) in [6.07, 6.45) is 51.3. The highest BCUT2D eigenvalue weighted by Gasteiger charge is 2.30. The Balaban J connectivity index is 5.38. The number of hydrogen-bond acceptors (Lipinski definition) is 6. The number of likely N-dealkylation sites (N-methyl/N-ethyl adjacent to an activating group) is 1. The molecule has 3 unspecified atom stereocenters. The molecule has 0 aliphatic carbocycles. The van der Waals surface area contributed by atoms with Crippen LogP contribution >= 0.6 is 7.82 Å². The third-order valence-electron chi connectivity index (χ3n) is 11.8. The minimum atomic E-state index is -4.44. The SMILES string of the molecule is CC/C=C/C/C=C/CCCCCCCCCC(=O)NC(COP(=O)(O)OCC[N+](C)(C)C)C(/C=C/CCCCCCCCCCC)OC(=O)CCCCCCCCCCCCCCC. The largest absolute Gasteiger partial charge is 0.472 e. The molecule has 0 bridgehead atoms. The van der Waals surface area contributed by atoms with Gasteiger partial charge in [0, 0.05) is 12.8 Å². The van der Waals surface area contributed by atoms with Crippen LogP contribution in [0, 0.1) is 0 Å². The maximum atomic E-state index is 13.4. The minimum absolute atomic E-state index is 0.0402. The molecule has 1 amide bonds. The summed E-state index contributed by atoms with van der Waals surface area (Å²) in [5.41, 5.74) is 0. The molecule has 0 aliphatic rings. The Kier molecular flexibility index (Phi) is 43.8. The lowest BCUT2D eigenvalue weighted by Crippen LogP contribution is -2.47. The van der Waals surface area contributed by atoms with E-state index in [0.717, 1.165) is 83.5 Å². The van der Waals surface area contributed by atoms with Crippen molar-refractivity contribution in [3.05, 3.63) is 36.5 Å². The Morgan fingerprint density at radius 2 is 1.00 bits per heavy atom. The number of quaternary nitrogens is 1. The molecular formula is C54H104N2O7P+. The van der Waals surface area contributed by atoms with E-state index < -0.39 is 20.0 Å².